The van der Waals surface area contributed by atoms with Crippen molar-refractivity contribution in [3.63, 3.8) is 0 Å². The third-order valence-corrected chi connectivity index (χ3v) is 4.45. The van der Waals surface area contributed by atoms with E-state index in [1.807, 2.05) is 0 Å². The maximum absolute atomic E-state index is 5.71. The number of rotatable bonds is 4. The van der Waals surface area contributed by atoms with Crippen LogP contribution in [0.1, 0.15) is 24.8 Å². The molecule has 0 amide bonds. The molecule has 0 aromatic heterocycles. The molecule has 3 rings (SSSR count). The van der Waals surface area contributed by atoms with E-state index in [4.69, 9.17) is 5.73 Å². The first-order chi connectivity index (χ1) is 9.86. The molecule has 0 saturated carbocycles. The molecule has 1 aliphatic heterocycles. The summed E-state index contributed by atoms with van der Waals surface area (Å²) in [6.45, 7) is 4.33. The number of hydrogen-bond donors (Lipinski definition) is 1. The standard InChI is InChI=1S/C18H24N2.ClH/c19-11-10-15-5-4-12-20(13-15)14-17-8-3-7-16-6-1-2-9-18(16)17;/h1-3,6-9,15H,4-5,10-14,19H2;1H. The molecule has 1 fully saturated rings. The minimum atomic E-state index is 0. The lowest BCUT2D eigenvalue weighted by Crippen LogP contribution is -2.35. The molecule has 3 heteroatoms. The fourth-order valence-corrected chi connectivity index (χ4v) is 3.44. The number of hydrogen-bond acceptors (Lipinski definition) is 2. The summed E-state index contributed by atoms with van der Waals surface area (Å²) in [5.74, 6) is 0.795. The highest BCUT2D eigenvalue weighted by atomic mass is 35.5. The smallest absolute Gasteiger partial charge is 0.0240 e. The summed E-state index contributed by atoms with van der Waals surface area (Å²) in [6.07, 6.45) is 3.84. The minimum Gasteiger partial charge on any atom is -0.330 e. The highest BCUT2D eigenvalue weighted by molar-refractivity contribution is 5.85. The van der Waals surface area contributed by atoms with Gasteiger partial charge in [0.2, 0.25) is 0 Å². The second-order valence-electron chi connectivity index (χ2n) is 5.96. The van der Waals surface area contributed by atoms with Crippen molar-refractivity contribution < 1.29 is 0 Å². The van der Waals surface area contributed by atoms with Crippen LogP contribution in [-0.4, -0.2) is 24.5 Å². The van der Waals surface area contributed by atoms with Crippen molar-refractivity contribution in [2.45, 2.75) is 25.8 Å². The van der Waals surface area contributed by atoms with Crippen LogP contribution in [0.3, 0.4) is 0 Å². The van der Waals surface area contributed by atoms with Gasteiger partial charge in [-0.2, -0.15) is 0 Å². The number of fused-ring (bicyclic) bond motifs is 1. The van der Waals surface area contributed by atoms with Crippen LogP contribution in [0.25, 0.3) is 10.8 Å². The molecule has 0 aliphatic carbocycles. The van der Waals surface area contributed by atoms with Crippen LogP contribution in [0.5, 0.6) is 0 Å². The zero-order chi connectivity index (χ0) is 13.8. The maximum atomic E-state index is 5.71. The number of benzene rings is 2. The predicted molar refractivity (Wildman–Crippen MR) is 92.9 cm³/mol. The van der Waals surface area contributed by atoms with Crippen molar-refractivity contribution in [3.05, 3.63) is 48.0 Å². The Kier molecular flexibility index (Phi) is 6.04. The van der Waals surface area contributed by atoms with Gasteiger partial charge in [0.05, 0.1) is 0 Å². The number of nitrogens with zero attached hydrogens (tertiary/aromatic N) is 1. The van der Waals surface area contributed by atoms with Gasteiger partial charge in [-0.3, -0.25) is 4.90 Å². The van der Waals surface area contributed by atoms with Crippen LogP contribution >= 0.6 is 12.4 Å². The highest BCUT2D eigenvalue weighted by Crippen LogP contribution is 2.24. The van der Waals surface area contributed by atoms with Crippen LogP contribution < -0.4 is 5.73 Å². The lowest BCUT2D eigenvalue weighted by Gasteiger charge is -2.32. The summed E-state index contributed by atoms with van der Waals surface area (Å²) in [5, 5.41) is 2.75. The van der Waals surface area contributed by atoms with E-state index >= 15 is 0 Å². The van der Waals surface area contributed by atoms with Crippen molar-refractivity contribution >= 4 is 23.2 Å². The lowest BCUT2D eigenvalue weighted by molar-refractivity contribution is 0.163. The molecule has 114 valence electrons. The average molecular weight is 305 g/mol. The molecule has 2 aromatic rings. The Morgan fingerprint density at radius 1 is 1.10 bits per heavy atom. The first-order valence-corrected chi connectivity index (χ1v) is 7.76. The number of halogens is 1. The molecule has 1 heterocycles. The summed E-state index contributed by atoms with van der Waals surface area (Å²) in [7, 11) is 0. The fourth-order valence-electron chi connectivity index (χ4n) is 3.44. The zero-order valence-electron chi connectivity index (χ0n) is 12.5. The molecular weight excluding hydrogens is 280 g/mol. The van der Waals surface area contributed by atoms with Gasteiger partial charge in [0.1, 0.15) is 0 Å². The maximum Gasteiger partial charge on any atom is 0.0240 e. The Morgan fingerprint density at radius 3 is 2.76 bits per heavy atom. The first-order valence-electron chi connectivity index (χ1n) is 7.76. The van der Waals surface area contributed by atoms with E-state index in [1.165, 1.54) is 48.7 Å². The Hall–Kier alpha value is -1.09. The average Bonchev–Trinajstić information content (AvgIpc) is 2.48. The Morgan fingerprint density at radius 2 is 1.90 bits per heavy atom. The summed E-state index contributed by atoms with van der Waals surface area (Å²) >= 11 is 0. The normalized spacial score (nSPS) is 19.4. The fraction of sp³-hybridized carbons (Fsp3) is 0.444. The first kappa shape index (κ1) is 16.3. The molecule has 2 nitrogen and oxygen atoms in total. The van der Waals surface area contributed by atoms with Gasteiger partial charge in [-0.05, 0) is 54.6 Å². The van der Waals surface area contributed by atoms with Crippen LogP contribution in [0.4, 0.5) is 0 Å². The lowest BCUT2D eigenvalue weighted by atomic mass is 9.94. The quantitative estimate of drug-likeness (QED) is 0.930. The van der Waals surface area contributed by atoms with Crippen LogP contribution in [0.15, 0.2) is 42.5 Å². The van der Waals surface area contributed by atoms with Gasteiger partial charge in [0, 0.05) is 13.1 Å². The van der Waals surface area contributed by atoms with E-state index < -0.39 is 0 Å². The summed E-state index contributed by atoms with van der Waals surface area (Å²) in [5.41, 5.74) is 7.17. The Balaban J connectivity index is 0.00000161. The van der Waals surface area contributed by atoms with Gasteiger partial charge in [-0.1, -0.05) is 42.5 Å². The highest BCUT2D eigenvalue weighted by Gasteiger charge is 2.19. The van der Waals surface area contributed by atoms with Crippen molar-refractivity contribution in [2.75, 3.05) is 19.6 Å². The van der Waals surface area contributed by atoms with E-state index in [2.05, 4.69) is 47.4 Å². The molecule has 1 atom stereocenters. The van der Waals surface area contributed by atoms with Gasteiger partial charge in [0.15, 0.2) is 0 Å². The molecule has 21 heavy (non-hydrogen) atoms. The monoisotopic (exact) mass is 304 g/mol. The van der Waals surface area contributed by atoms with E-state index in [0.717, 1.165) is 19.0 Å². The second-order valence-corrected chi connectivity index (χ2v) is 5.96. The molecule has 1 aliphatic rings. The van der Waals surface area contributed by atoms with E-state index in [1.54, 1.807) is 0 Å². The Labute approximate surface area is 133 Å². The third-order valence-electron chi connectivity index (χ3n) is 4.45. The zero-order valence-corrected chi connectivity index (χ0v) is 13.3. The molecule has 2 N–H and O–H groups in total. The van der Waals surface area contributed by atoms with Crippen LogP contribution in [0.2, 0.25) is 0 Å². The van der Waals surface area contributed by atoms with Crippen molar-refractivity contribution in [2.24, 2.45) is 11.7 Å². The van der Waals surface area contributed by atoms with Gasteiger partial charge in [-0.25, -0.2) is 0 Å². The molecule has 1 unspecified atom stereocenters. The van der Waals surface area contributed by atoms with Gasteiger partial charge >= 0.3 is 0 Å². The number of likely N-dealkylation sites (tertiary alicyclic amines) is 1. The largest absolute Gasteiger partial charge is 0.330 e. The number of nitrogens with two attached hydrogens (primary N) is 1. The SMILES string of the molecule is Cl.NCCC1CCCN(Cc2cccc3ccccc23)C1. The molecule has 0 radical (unpaired) electrons. The summed E-state index contributed by atoms with van der Waals surface area (Å²) < 4.78 is 0. The number of piperidine rings is 1. The molecule has 2 aromatic carbocycles. The molecular formula is C18H25ClN2. The van der Waals surface area contributed by atoms with Crippen LogP contribution in [0, 0.1) is 5.92 Å². The van der Waals surface area contributed by atoms with Gasteiger partial charge in [0.25, 0.3) is 0 Å². The second kappa shape index (κ2) is 7.79. The summed E-state index contributed by atoms with van der Waals surface area (Å²) in [4.78, 5) is 2.60. The van der Waals surface area contributed by atoms with E-state index in [9.17, 15) is 0 Å². The Bertz CT molecular complexity index is 563. The third kappa shape index (κ3) is 3.97. The molecule has 0 bridgehead atoms. The topological polar surface area (TPSA) is 29.3 Å². The van der Waals surface area contributed by atoms with Crippen molar-refractivity contribution in [3.8, 4) is 0 Å². The van der Waals surface area contributed by atoms with Crippen molar-refractivity contribution in [1.82, 2.24) is 4.90 Å². The van der Waals surface area contributed by atoms with Gasteiger partial charge in [-0.15, -0.1) is 12.4 Å². The minimum absolute atomic E-state index is 0. The van der Waals surface area contributed by atoms with Gasteiger partial charge < -0.3 is 5.73 Å². The van der Waals surface area contributed by atoms with E-state index in [-0.39, 0.29) is 12.4 Å². The predicted octanol–water partition coefficient (Wildman–Crippen LogP) is 3.82. The molecule has 1 saturated heterocycles. The molecule has 0 spiro atoms. The summed E-state index contributed by atoms with van der Waals surface area (Å²) in [6, 6.07) is 15.3. The van der Waals surface area contributed by atoms with Crippen molar-refractivity contribution in [1.29, 1.82) is 0 Å². The van der Waals surface area contributed by atoms with E-state index in [0.29, 0.717) is 0 Å². The van der Waals surface area contributed by atoms with Crippen LogP contribution in [-0.2, 0) is 6.54 Å².